The first-order valence-corrected chi connectivity index (χ1v) is 9.20. The van der Waals surface area contributed by atoms with Crippen LogP contribution in [0.3, 0.4) is 0 Å². The fraction of sp³-hybridized carbons (Fsp3) is 0.400. The number of guanidine groups is 1. The smallest absolute Gasteiger partial charge is 0.224 e. The molecule has 152 valence electrons. The summed E-state index contributed by atoms with van der Waals surface area (Å²) in [4.78, 5) is 16.3. The van der Waals surface area contributed by atoms with E-state index in [2.05, 4.69) is 20.9 Å². The molecule has 0 saturated heterocycles. The van der Waals surface area contributed by atoms with Gasteiger partial charge in [-0.25, -0.2) is 9.38 Å². The van der Waals surface area contributed by atoms with Gasteiger partial charge in [0, 0.05) is 19.6 Å². The number of hydrogen-bond acceptors (Lipinski definition) is 4. The number of amides is 1. The average molecular weight is 390 g/mol. The van der Waals surface area contributed by atoms with Gasteiger partial charge in [-0.1, -0.05) is 12.1 Å². The summed E-state index contributed by atoms with van der Waals surface area (Å²) < 4.78 is 18.1. The fourth-order valence-corrected chi connectivity index (χ4v) is 2.47. The average Bonchev–Trinajstić information content (AvgIpc) is 3.21. The Morgan fingerprint density at radius 1 is 1.18 bits per heavy atom. The van der Waals surface area contributed by atoms with Crippen LogP contribution in [0.5, 0.6) is 0 Å². The minimum atomic E-state index is -1.21. The topological polar surface area (TPSA) is 98.9 Å². The Labute approximate surface area is 164 Å². The highest BCUT2D eigenvalue weighted by atomic mass is 19.1. The monoisotopic (exact) mass is 390 g/mol. The zero-order chi connectivity index (χ0) is 20.4. The van der Waals surface area contributed by atoms with Crippen LogP contribution in [0, 0.1) is 5.82 Å². The molecule has 1 heterocycles. The molecule has 7 nitrogen and oxygen atoms in total. The second-order valence-electron chi connectivity index (χ2n) is 6.53. The van der Waals surface area contributed by atoms with Gasteiger partial charge in [0.2, 0.25) is 5.91 Å². The van der Waals surface area contributed by atoms with Gasteiger partial charge in [0.05, 0.1) is 19.2 Å². The minimum Gasteiger partial charge on any atom is -0.466 e. The van der Waals surface area contributed by atoms with Gasteiger partial charge in [0.15, 0.2) is 5.96 Å². The summed E-state index contributed by atoms with van der Waals surface area (Å²) in [5, 5.41) is 19.4. The maximum absolute atomic E-state index is 12.9. The van der Waals surface area contributed by atoms with Gasteiger partial charge < -0.3 is 25.5 Å². The molecule has 0 fully saturated rings. The highest BCUT2D eigenvalue weighted by Gasteiger charge is 2.26. The van der Waals surface area contributed by atoms with E-state index in [1.807, 2.05) is 6.92 Å². The second-order valence-corrected chi connectivity index (χ2v) is 6.53. The van der Waals surface area contributed by atoms with Crippen LogP contribution in [0.25, 0.3) is 0 Å². The highest BCUT2D eigenvalue weighted by molar-refractivity contribution is 5.80. The second kappa shape index (κ2) is 10.5. The number of carbonyl (C=O) groups excluding carboxylic acids is 1. The molecule has 28 heavy (non-hydrogen) atoms. The van der Waals surface area contributed by atoms with Gasteiger partial charge in [0.25, 0.3) is 0 Å². The van der Waals surface area contributed by atoms with Crippen molar-refractivity contribution in [2.45, 2.75) is 25.9 Å². The molecular formula is C20H27FN4O3. The molecule has 1 atom stereocenters. The zero-order valence-corrected chi connectivity index (χ0v) is 16.2. The quantitative estimate of drug-likeness (QED) is 0.296. The molecule has 1 aromatic carbocycles. The van der Waals surface area contributed by atoms with Crippen LogP contribution >= 0.6 is 0 Å². The number of furan rings is 1. The third kappa shape index (κ3) is 7.03. The molecule has 0 aliphatic rings. The predicted molar refractivity (Wildman–Crippen MR) is 105 cm³/mol. The summed E-state index contributed by atoms with van der Waals surface area (Å²) in [6.07, 6.45) is 1.70. The van der Waals surface area contributed by atoms with Gasteiger partial charge in [-0.05, 0) is 43.7 Å². The van der Waals surface area contributed by atoms with E-state index in [1.54, 1.807) is 31.2 Å². The Balaban J connectivity index is 1.76. The summed E-state index contributed by atoms with van der Waals surface area (Å²) >= 11 is 0. The van der Waals surface area contributed by atoms with Crippen molar-refractivity contribution in [3.63, 3.8) is 0 Å². The van der Waals surface area contributed by atoms with Gasteiger partial charge >= 0.3 is 0 Å². The summed E-state index contributed by atoms with van der Waals surface area (Å²) in [6.45, 7) is 5.21. The van der Waals surface area contributed by atoms with Crippen molar-refractivity contribution in [3.8, 4) is 0 Å². The van der Waals surface area contributed by atoms with Crippen LogP contribution in [0.15, 0.2) is 52.1 Å². The molecule has 0 aliphatic carbocycles. The molecule has 0 spiro atoms. The molecule has 0 radical (unpaired) electrons. The van der Waals surface area contributed by atoms with Gasteiger partial charge in [0.1, 0.15) is 17.2 Å². The first-order valence-electron chi connectivity index (χ1n) is 9.20. The number of carbonyl (C=O) groups is 1. The van der Waals surface area contributed by atoms with Crippen LogP contribution in [0.4, 0.5) is 4.39 Å². The molecule has 1 unspecified atom stereocenters. The van der Waals surface area contributed by atoms with Crippen LogP contribution in [-0.4, -0.2) is 43.2 Å². The Morgan fingerprint density at radius 3 is 2.54 bits per heavy atom. The number of aliphatic imine (C=N–C) groups is 1. The van der Waals surface area contributed by atoms with E-state index >= 15 is 0 Å². The molecule has 0 bridgehead atoms. The third-order valence-corrected chi connectivity index (χ3v) is 3.96. The lowest BCUT2D eigenvalue weighted by Crippen LogP contribution is -2.42. The van der Waals surface area contributed by atoms with Crippen molar-refractivity contribution in [1.82, 2.24) is 16.0 Å². The van der Waals surface area contributed by atoms with E-state index in [9.17, 15) is 14.3 Å². The summed E-state index contributed by atoms with van der Waals surface area (Å²) in [5.41, 5.74) is -0.461. The molecule has 4 N–H and O–H groups in total. The normalized spacial score (nSPS) is 13.6. The minimum absolute atomic E-state index is 0.118. The Hall–Kier alpha value is -2.87. The Bertz CT molecular complexity index is 758. The van der Waals surface area contributed by atoms with Crippen LogP contribution < -0.4 is 16.0 Å². The Morgan fingerprint density at radius 2 is 1.89 bits per heavy atom. The lowest BCUT2D eigenvalue weighted by atomic mass is 10.0. The van der Waals surface area contributed by atoms with Crippen LogP contribution in [0.1, 0.15) is 25.2 Å². The van der Waals surface area contributed by atoms with Gasteiger partial charge in [-0.2, -0.15) is 0 Å². The molecular weight excluding hydrogens is 363 g/mol. The number of halogens is 1. The van der Waals surface area contributed by atoms with Crippen LogP contribution in [-0.2, 0) is 16.8 Å². The molecule has 1 amide bonds. The number of nitrogens with zero attached hydrogens (tertiary/aromatic N) is 1. The lowest BCUT2D eigenvalue weighted by Gasteiger charge is -2.19. The number of rotatable bonds is 9. The SMILES string of the molecule is CCNC(=NCC(C)(O)c1ccco1)NCCNC(=O)Cc1ccc(F)cc1. The molecule has 0 saturated carbocycles. The van der Waals surface area contributed by atoms with E-state index < -0.39 is 5.60 Å². The van der Waals surface area contributed by atoms with E-state index in [0.717, 1.165) is 5.56 Å². The Kier molecular flexibility index (Phi) is 8.01. The molecule has 0 aliphatic heterocycles. The van der Waals surface area contributed by atoms with Gasteiger partial charge in [-0.3, -0.25) is 4.79 Å². The number of benzene rings is 1. The summed E-state index contributed by atoms with van der Waals surface area (Å²) in [5.74, 6) is 0.507. The number of nitrogens with one attached hydrogen (secondary N) is 3. The van der Waals surface area contributed by atoms with Crippen molar-refractivity contribution in [2.75, 3.05) is 26.2 Å². The van der Waals surface area contributed by atoms with Crippen molar-refractivity contribution in [2.24, 2.45) is 4.99 Å². The fourth-order valence-electron chi connectivity index (χ4n) is 2.47. The molecule has 2 aromatic rings. The van der Waals surface area contributed by atoms with E-state index in [4.69, 9.17) is 4.42 Å². The predicted octanol–water partition coefficient (Wildman–Crippen LogP) is 1.54. The molecule has 8 heteroatoms. The standard InChI is InChI=1S/C20H27FN4O3/c1-3-22-19(25-14-20(2,27)17-5-4-12-28-17)24-11-10-23-18(26)13-15-6-8-16(21)9-7-15/h4-9,12,27H,3,10-11,13-14H2,1-2H3,(H,23,26)(H2,22,24,25). The first-order chi connectivity index (χ1) is 13.4. The number of aliphatic hydroxyl groups is 1. The van der Waals surface area contributed by atoms with Gasteiger partial charge in [-0.15, -0.1) is 0 Å². The van der Waals surface area contributed by atoms with E-state index in [1.165, 1.54) is 18.4 Å². The lowest BCUT2D eigenvalue weighted by molar-refractivity contribution is -0.120. The number of hydrogen-bond donors (Lipinski definition) is 4. The maximum atomic E-state index is 12.9. The molecule has 2 rings (SSSR count). The summed E-state index contributed by atoms with van der Waals surface area (Å²) in [6, 6.07) is 9.27. The van der Waals surface area contributed by atoms with Crippen molar-refractivity contribution < 1.29 is 18.7 Å². The maximum Gasteiger partial charge on any atom is 0.224 e. The highest BCUT2D eigenvalue weighted by Crippen LogP contribution is 2.20. The van der Waals surface area contributed by atoms with Crippen molar-refractivity contribution in [3.05, 3.63) is 59.8 Å². The van der Waals surface area contributed by atoms with E-state index in [0.29, 0.717) is 31.4 Å². The van der Waals surface area contributed by atoms with E-state index in [-0.39, 0.29) is 24.7 Å². The third-order valence-electron chi connectivity index (χ3n) is 3.96. The molecule has 1 aromatic heterocycles. The van der Waals surface area contributed by atoms with Crippen LogP contribution in [0.2, 0.25) is 0 Å². The zero-order valence-electron chi connectivity index (χ0n) is 16.2. The first kappa shape index (κ1) is 21.4. The summed E-state index contributed by atoms with van der Waals surface area (Å²) in [7, 11) is 0. The largest absolute Gasteiger partial charge is 0.466 e. The van der Waals surface area contributed by atoms with Crippen molar-refractivity contribution in [1.29, 1.82) is 0 Å². The van der Waals surface area contributed by atoms with Crippen molar-refractivity contribution >= 4 is 11.9 Å².